The summed E-state index contributed by atoms with van der Waals surface area (Å²) in [7, 11) is 6.12. The van der Waals surface area contributed by atoms with Crippen LogP contribution in [0.3, 0.4) is 0 Å². The molecular weight excluding hydrogens is 280 g/mol. The van der Waals surface area contributed by atoms with E-state index in [4.69, 9.17) is 0 Å². The highest BCUT2D eigenvalue weighted by atomic mass is 32.2. The van der Waals surface area contributed by atoms with Gasteiger partial charge in [-0.2, -0.15) is 11.8 Å². The molecule has 0 unspecified atom stereocenters. The van der Waals surface area contributed by atoms with Crippen molar-refractivity contribution in [2.24, 2.45) is 4.99 Å². The molecule has 0 spiro atoms. The van der Waals surface area contributed by atoms with Crippen LogP contribution in [0.1, 0.15) is 46.0 Å². The predicted molar refractivity (Wildman–Crippen MR) is 98.6 cm³/mol. The molecule has 0 heterocycles. The van der Waals surface area contributed by atoms with Crippen LogP contribution in [-0.2, 0) is 0 Å². The van der Waals surface area contributed by atoms with Crippen LogP contribution >= 0.6 is 11.8 Å². The van der Waals surface area contributed by atoms with E-state index in [2.05, 4.69) is 54.7 Å². The molecule has 0 atom stereocenters. The fourth-order valence-corrected chi connectivity index (χ4v) is 2.10. The van der Waals surface area contributed by atoms with E-state index in [1.807, 2.05) is 18.8 Å². The Morgan fingerprint density at radius 3 is 2.24 bits per heavy atom. The molecule has 0 aromatic carbocycles. The van der Waals surface area contributed by atoms with Gasteiger partial charge in [0, 0.05) is 24.9 Å². The van der Waals surface area contributed by atoms with Crippen LogP contribution in [0.2, 0.25) is 0 Å². The summed E-state index contributed by atoms with van der Waals surface area (Å²) in [5.74, 6) is 0.921. The van der Waals surface area contributed by atoms with E-state index in [-0.39, 0.29) is 4.75 Å². The van der Waals surface area contributed by atoms with Crippen molar-refractivity contribution < 1.29 is 0 Å². The fourth-order valence-electron chi connectivity index (χ4n) is 1.88. The summed E-state index contributed by atoms with van der Waals surface area (Å²) in [6.45, 7) is 7.63. The fraction of sp³-hybridized carbons (Fsp3) is 0.938. The van der Waals surface area contributed by atoms with Gasteiger partial charge in [-0.3, -0.25) is 4.99 Å². The zero-order chi connectivity index (χ0) is 16.1. The van der Waals surface area contributed by atoms with Crippen LogP contribution in [-0.4, -0.2) is 62.6 Å². The van der Waals surface area contributed by atoms with Crippen molar-refractivity contribution in [2.45, 2.75) is 50.7 Å². The summed E-state index contributed by atoms with van der Waals surface area (Å²) in [5, 5.41) is 6.79. The molecule has 2 N–H and O–H groups in total. The average molecular weight is 317 g/mol. The van der Waals surface area contributed by atoms with Gasteiger partial charge in [-0.25, -0.2) is 0 Å². The summed E-state index contributed by atoms with van der Waals surface area (Å²) in [6.07, 6.45) is 8.65. The number of hydrogen-bond acceptors (Lipinski definition) is 3. The number of unbranched alkanes of at least 4 members (excludes halogenated alkanes) is 4. The van der Waals surface area contributed by atoms with Gasteiger partial charge < -0.3 is 15.5 Å². The molecule has 0 aromatic heterocycles. The normalized spacial score (nSPS) is 12.8. The van der Waals surface area contributed by atoms with Crippen LogP contribution in [0.25, 0.3) is 0 Å². The Hall–Kier alpha value is -0.420. The number of hydrogen-bond donors (Lipinski definition) is 2. The third-order valence-electron chi connectivity index (χ3n) is 3.53. The van der Waals surface area contributed by atoms with Gasteiger partial charge >= 0.3 is 0 Å². The molecule has 0 amide bonds. The van der Waals surface area contributed by atoms with Crippen molar-refractivity contribution in [3.8, 4) is 0 Å². The molecule has 0 saturated carbocycles. The van der Waals surface area contributed by atoms with Crippen molar-refractivity contribution >= 4 is 17.7 Å². The topological polar surface area (TPSA) is 39.7 Å². The average Bonchev–Trinajstić information content (AvgIpc) is 2.44. The van der Waals surface area contributed by atoms with Gasteiger partial charge in [0.15, 0.2) is 5.96 Å². The van der Waals surface area contributed by atoms with E-state index in [0.29, 0.717) is 0 Å². The molecule has 0 aliphatic carbocycles. The lowest BCUT2D eigenvalue weighted by molar-refractivity contribution is 0.389. The van der Waals surface area contributed by atoms with Gasteiger partial charge in [-0.05, 0) is 53.6 Å². The van der Waals surface area contributed by atoms with Gasteiger partial charge in [0.2, 0.25) is 0 Å². The van der Waals surface area contributed by atoms with Crippen molar-refractivity contribution in [1.82, 2.24) is 15.5 Å². The maximum atomic E-state index is 4.27. The SMILES string of the molecule is CN=C(NCCCCCCCN(C)C)NCC(C)(C)SC. The Kier molecular flexibility index (Phi) is 11.9. The number of nitrogens with zero attached hydrogens (tertiary/aromatic N) is 2. The standard InChI is InChI=1S/C16H36N4S/c1-16(2,21-6)14-19-15(17-3)18-12-10-8-7-9-11-13-20(4)5/h7-14H2,1-6H3,(H2,17,18,19). The molecule has 5 heteroatoms. The second-order valence-electron chi connectivity index (χ2n) is 6.39. The Bertz CT molecular complexity index is 277. The molecule has 0 aromatic rings. The maximum Gasteiger partial charge on any atom is 0.191 e. The first kappa shape index (κ1) is 20.6. The van der Waals surface area contributed by atoms with Crippen molar-refractivity contribution in [3.05, 3.63) is 0 Å². The van der Waals surface area contributed by atoms with Crippen LogP contribution in [0.4, 0.5) is 0 Å². The second-order valence-corrected chi connectivity index (χ2v) is 7.90. The van der Waals surface area contributed by atoms with Crippen LogP contribution in [0.5, 0.6) is 0 Å². The Morgan fingerprint density at radius 2 is 1.67 bits per heavy atom. The molecule has 0 aliphatic heterocycles. The summed E-state index contributed by atoms with van der Waals surface area (Å²) in [5.41, 5.74) is 0. The minimum atomic E-state index is 0.240. The van der Waals surface area contributed by atoms with E-state index >= 15 is 0 Å². The molecule has 0 aliphatic rings. The number of aliphatic imine (C=N–C) groups is 1. The van der Waals surface area contributed by atoms with Crippen LogP contribution in [0, 0.1) is 0 Å². The number of thioether (sulfide) groups is 1. The molecule has 126 valence electrons. The highest BCUT2D eigenvalue weighted by molar-refractivity contribution is 7.99. The van der Waals surface area contributed by atoms with Crippen LogP contribution in [0.15, 0.2) is 4.99 Å². The Morgan fingerprint density at radius 1 is 1.05 bits per heavy atom. The van der Waals surface area contributed by atoms with Gasteiger partial charge in [0.1, 0.15) is 0 Å². The molecule has 0 radical (unpaired) electrons. The van der Waals surface area contributed by atoms with Crippen molar-refractivity contribution in [2.75, 3.05) is 47.0 Å². The van der Waals surface area contributed by atoms with Crippen LogP contribution < -0.4 is 10.6 Å². The molecule has 21 heavy (non-hydrogen) atoms. The van der Waals surface area contributed by atoms with E-state index in [9.17, 15) is 0 Å². The third kappa shape index (κ3) is 13.0. The van der Waals surface area contributed by atoms with E-state index in [1.165, 1.54) is 38.6 Å². The Balaban J connectivity index is 3.56. The summed E-state index contributed by atoms with van der Waals surface area (Å²) >= 11 is 1.87. The molecule has 0 rings (SSSR count). The van der Waals surface area contributed by atoms with Gasteiger partial charge in [-0.1, -0.05) is 19.3 Å². The predicted octanol–water partition coefficient (Wildman–Crippen LogP) is 2.81. The van der Waals surface area contributed by atoms with Crippen molar-refractivity contribution in [1.29, 1.82) is 0 Å². The largest absolute Gasteiger partial charge is 0.356 e. The van der Waals surface area contributed by atoms with Gasteiger partial charge in [-0.15, -0.1) is 0 Å². The number of guanidine groups is 1. The van der Waals surface area contributed by atoms with Gasteiger partial charge in [0.05, 0.1) is 0 Å². The monoisotopic (exact) mass is 316 g/mol. The zero-order valence-corrected chi connectivity index (χ0v) is 15.8. The molecule has 4 nitrogen and oxygen atoms in total. The lowest BCUT2D eigenvalue weighted by atomic mass is 10.1. The maximum absolute atomic E-state index is 4.27. The minimum Gasteiger partial charge on any atom is -0.356 e. The number of nitrogens with one attached hydrogen (secondary N) is 2. The summed E-state index contributed by atoms with van der Waals surface area (Å²) in [4.78, 5) is 6.53. The Labute approximate surface area is 136 Å². The molecule has 0 saturated heterocycles. The summed E-state index contributed by atoms with van der Waals surface area (Å²) < 4.78 is 0.240. The van der Waals surface area contributed by atoms with E-state index in [1.54, 1.807) is 0 Å². The quantitative estimate of drug-likeness (QED) is 0.349. The summed E-state index contributed by atoms with van der Waals surface area (Å²) in [6, 6.07) is 0. The zero-order valence-electron chi connectivity index (χ0n) is 15.0. The minimum absolute atomic E-state index is 0.240. The van der Waals surface area contributed by atoms with E-state index < -0.39 is 0 Å². The lowest BCUT2D eigenvalue weighted by Gasteiger charge is -2.23. The van der Waals surface area contributed by atoms with E-state index in [0.717, 1.165) is 19.0 Å². The first-order valence-electron chi connectivity index (χ1n) is 8.05. The lowest BCUT2D eigenvalue weighted by Crippen LogP contribution is -2.43. The molecule has 0 bridgehead atoms. The van der Waals surface area contributed by atoms with Crippen molar-refractivity contribution in [3.63, 3.8) is 0 Å². The van der Waals surface area contributed by atoms with Gasteiger partial charge in [0.25, 0.3) is 0 Å². The molecular formula is C16H36N4S. The highest BCUT2D eigenvalue weighted by Crippen LogP contribution is 2.19. The highest BCUT2D eigenvalue weighted by Gasteiger charge is 2.15. The number of rotatable bonds is 11. The first-order valence-corrected chi connectivity index (χ1v) is 9.28. The first-order chi connectivity index (χ1) is 9.91. The molecule has 0 fully saturated rings. The second kappa shape index (κ2) is 12.2. The smallest absolute Gasteiger partial charge is 0.191 e. The third-order valence-corrected chi connectivity index (χ3v) is 4.78.